The molecule has 6 nitrogen and oxygen atoms in total. The highest BCUT2D eigenvalue weighted by Gasteiger charge is 2.38. The highest BCUT2D eigenvalue weighted by Crippen LogP contribution is 2.34. The predicted molar refractivity (Wildman–Crippen MR) is 99.0 cm³/mol. The third-order valence-electron chi connectivity index (χ3n) is 4.73. The fraction of sp³-hybridized carbons (Fsp3) is 0.200. The summed E-state index contributed by atoms with van der Waals surface area (Å²) in [4.78, 5) is 30.0. The molecule has 1 fully saturated rings. The maximum Gasteiger partial charge on any atom is 0.252 e. The Morgan fingerprint density at radius 1 is 1.19 bits per heavy atom. The second-order valence-electron chi connectivity index (χ2n) is 6.22. The molecule has 1 aromatic heterocycles. The topological polar surface area (TPSA) is 74.4 Å². The number of amides is 2. The number of nitrogens with one attached hydrogen (secondary N) is 2. The van der Waals surface area contributed by atoms with Crippen LogP contribution in [0.25, 0.3) is 10.9 Å². The van der Waals surface area contributed by atoms with Gasteiger partial charge in [-0.1, -0.05) is 30.3 Å². The molecule has 26 heavy (non-hydrogen) atoms. The van der Waals surface area contributed by atoms with Crippen molar-refractivity contribution in [3.8, 4) is 5.75 Å². The molecule has 0 saturated carbocycles. The Kier molecular flexibility index (Phi) is 4.08. The number of para-hydroxylation sites is 3. The maximum atomic E-state index is 13.1. The number of carbonyl (C=O) groups is 2. The SMILES string of the molecule is COc1ccccc1NC(=O)[C@@H](c1c[nH]c2ccccc12)N1CCC1=O. The highest BCUT2D eigenvalue weighted by molar-refractivity contribution is 6.02. The van der Waals surface area contributed by atoms with Crippen molar-refractivity contribution in [1.29, 1.82) is 0 Å². The average molecular weight is 349 g/mol. The summed E-state index contributed by atoms with van der Waals surface area (Å²) in [6.07, 6.45) is 2.28. The molecule has 0 aliphatic carbocycles. The van der Waals surface area contributed by atoms with Gasteiger partial charge in [0, 0.05) is 35.6 Å². The van der Waals surface area contributed by atoms with Crippen LogP contribution in [0.4, 0.5) is 5.69 Å². The predicted octanol–water partition coefficient (Wildman–Crippen LogP) is 3.09. The number of aromatic nitrogens is 1. The van der Waals surface area contributed by atoms with Crippen LogP contribution in [0, 0.1) is 0 Å². The summed E-state index contributed by atoms with van der Waals surface area (Å²) < 4.78 is 5.31. The lowest BCUT2D eigenvalue weighted by Gasteiger charge is -2.37. The van der Waals surface area contributed by atoms with E-state index in [-0.39, 0.29) is 11.8 Å². The van der Waals surface area contributed by atoms with Crippen LogP contribution >= 0.6 is 0 Å². The lowest BCUT2D eigenvalue weighted by Crippen LogP contribution is -2.49. The molecular weight excluding hydrogens is 330 g/mol. The largest absolute Gasteiger partial charge is 0.495 e. The van der Waals surface area contributed by atoms with Crippen LogP contribution in [-0.4, -0.2) is 35.4 Å². The van der Waals surface area contributed by atoms with E-state index in [1.54, 1.807) is 24.1 Å². The Bertz CT molecular complexity index is 979. The van der Waals surface area contributed by atoms with Crippen molar-refractivity contribution in [3.05, 3.63) is 60.3 Å². The first-order valence-corrected chi connectivity index (χ1v) is 8.48. The first kappa shape index (κ1) is 16.2. The third-order valence-corrected chi connectivity index (χ3v) is 4.73. The number of carbonyl (C=O) groups excluding carboxylic acids is 2. The van der Waals surface area contributed by atoms with Gasteiger partial charge in [-0.05, 0) is 18.2 Å². The van der Waals surface area contributed by atoms with Crippen molar-refractivity contribution in [2.24, 2.45) is 0 Å². The van der Waals surface area contributed by atoms with Gasteiger partial charge in [-0.3, -0.25) is 9.59 Å². The van der Waals surface area contributed by atoms with Crippen molar-refractivity contribution in [3.63, 3.8) is 0 Å². The number of H-pyrrole nitrogens is 1. The van der Waals surface area contributed by atoms with Gasteiger partial charge < -0.3 is 19.9 Å². The van der Waals surface area contributed by atoms with Crippen LogP contribution in [0.3, 0.4) is 0 Å². The van der Waals surface area contributed by atoms with Gasteiger partial charge in [0.15, 0.2) is 0 Å². The van der Waals surface area contributed by atoms with E-state index in [0.29, 0.717) is 24.4 Å². The summed E-state index contributed by atoms with van der Waals surface area (Å²) in [5.74, 6) is 0.302. The second kappa shape index (κ2) is 6.55. The van der Waals surface area contributed by atoms with Crippen LogP contribution in [0.2, 0.25) is 0 Å². The van der Waals surface area contributed by atoms with Crippen molar-refractivity contribution >= 4 is 28.4 Å². The van der Waals surface area contributed by atoms with Crippen molar-refractivity contribution in [2.45, 2.75) is 12.5 Å². The molecule has 132 valence electrons. The summed E-state index contributed by atoms with van der Waals surface area (Å²) in [6, 6.07) is 14.3. The van der Waals surface area contributed by atoms with E-state index in [9.17, 15) is 9.59 Å². The minimum absolute atomic E-state index is 0.0181. The zero-order chi connectivity index (χ0) is 18.1. The van der Waals surface area contributed by atoms with E-state index in [1.165, 1.54) is 0 Å². The Morgan fingerprint density at radius 2 is 1.96 bits per heavy atom. The molecule has 2 heterocycles. The molecule has 0 bridgehead atoms. The average Bonchev–Trinajstić information content (AvgIpc) is 3.08. The summed E-state index contributed by atoms with van der Waals surface area (Å²) in [5, 5.41) is 3.85. The smallest absolute Gasteiger partial charge is 0.252 e. The van der Waals surface area contributed by atoms with Crippen LogP contribution < -0.4 is 10.1 Å². The quantitative estimate of drug-likeness (QED) is 0.695. The number of nitrogens with zero attached hydrogens (tertiary/aromatic N) is 1. The molecule has 4 rings (SSSR count). The summed E-state index contributed by atoms with van der Waals surface area (Å²) in [7, 11) is 1.56. The third kappa shape index (κ3) is 2.69. The summed E-state index contributed by atoms with van der Waals surface area (Å²) in [6.45, 7) is 0.572. The standard InChI is InChI=1S/C20H19N3O3/c1-26-17-9-5-4-8-16(17)22-20(25)19(23-11-10-18(23)24)14-12-21-15-7-3-2-6-13(14)15/h2-9,12,19,21H,10-11H2,1H3,(H,22,25)/t19-/m1/s1. The van der Waals surface area contributed by atoms with Crippen LogP contribution in [0.5, 0.6) is 5.75 Å². The fourth-order valence-electron chi connectivity index (χ4n) is 3.33. The van der Waals surface area contributed by atoms with E-state index in [4.69, 9.17) is 4.74 Å². The Morgan fingerprint density at radius 3 is 2.69 bits per heavy atom. The molecule has 3 aromatic rings. The molecule has 1 aliphatic rings. The minimum atomic E-state index is -0.683. The van der Waals surface area contributed by atoms with Gasteiger partial charge in [-0.25, -0.2) is 0 Å². The van der Waals surface area contributed by atoms with Gasteiger partial charge in [0.25, 0.3) is 5.91 Å². The molecule has 0 spiro atoms. The Hall–Kier alpha value is -3.28. The van der Waals surface area contributed by atoms with Crippen LogP contribution in [-0.2, 0) is 9.59 Å². The lowest BCUT2D eigenvalue weighted by atomic mass is 9.99. The molecule has 6 heteroatoms. The molecular formula is C20H19N3O3. The molecule has 2 N–H and O–H groups in total. The number of methoxy groups -OCH3 is 1. The molecule has 2 aromatic carbocycles. The van der Waals surface area contributed by atoms with E-state index in [1.807, 2.05) is 42.6 Å². The second-order valence-corrected chi connectivity index (χ2v) is 6.22. The number of fused-ring (bicyclic) bond motifs is 1. The van der Waals surface area contributed by atoms with E-state index >= 15 is 0 Å². The van der Waals surface area contributed by atoms with Gasteiger partial charge in [0.2, 0.25) is 5.91 Å². The molecule has 1 atom stereocenters. The molecule has 2 amide bonds. The number of hydrogen-bond donors (Lipinski definition) is 2. The zero-order valence-corrected chi connectivity index (χ0v) is 14.4. The number of benzene rings is 2. The number of anilines is 1. The number of aromatic amines is 1. The first-order chi connectivity index (χ1) is 12.7. The Labute approximate surface area is 150 Å². The number of rotatable bonds is 5. The lowest BCUT2D eigenvalue weighted by molar-refractivity contribution is -0.147. The van der Waals surface area contributed by atoms with E-state index < -0.39 is 6.04 Å². The number of ether oxygens (including phenoxy) is 1. The van der Waals surface area contributed by atoms with Crippen molar-refractivity contribution in [2.75, 3.05) is 19.0 Å². The molecule has 1 aliphatic heterocycles. The van der Waals surface area contributed by atoms with Crippen LogP contribution in [0.15, 0.2) is 54.7 Å². The molecule has 0 radical (unpaired) electrons. The highest BCUT2D eigenvalue weighted by atomic mass is 16.5. The fourth-order valence-corrected chi connectivity index (χ4v) is 3.33. The summed E-state index contributed by atoms with van der Waals surface area (Å²) in [5.41, 5.74) is 2.31. The number of β-lactam (4-membered cyclic amide) rings is 1. The van der Waals surface area contributed by atoms with Gasteiger partial charge in [0.1, 0.15) is 11.8 Å². The number of likely N-dealkylation sites (tertiary alicyclic amines) is 1. The van der Waals surface area contributed by atoms with Gasteiger partial charge in [0.05, 0.1) is 12.8 Å². The minimum Gasteiger partial charge on any atom is -0.495 e. The molecule has 1 saturated heterocycles. The van der Waals surface area contributed by atoms with Gasteiger partial charge >= 0.3 is 0 Å². The zero-order valence-electron chi connectivity index (χ0n) is 14.4. The van der Waals surface area contributed by atoms with E-state index in [2.05, 4.69) is 10.3 Å². The van der Waals surface area contributed by atoms with Gasteiger partial charge in [-0.2, -0.15) is 0 Å². The normalized spacial score (nSPS) is 14.8. The monoisotopic (exact) mass is 349 g/mol. The molecule has 0 unspecified atom stereocenters. The van der Waals surface area contributed by atoms with E-state index in [0.717, 1.165) is 16.5 Å². The summed E-state index contributed by atoms with van der Waals surface area (Å²) >= 11 is 0. The van der Waals surface area contributed by atoms with Crippen molar-refractivity contribution in [1.82, 2.24) is 9.88 Å². The Balaban J connectivity index is 1.72. The van der Waals surface area contributed by atoms with Gasteiger partial charge in [-0.15, -0.1) is 0 Å². The first-order valence-electron chi connectivity index (χ1n) is 8.48. The van der Waals surface area contributed by atoms with Crippen molar-refractivity contribution < 1.29 is 14.3 Å². The maximum absolute atomic E-state index is 13.1. The van der Waals surface area contributed by atoms with Crippen LogP contribution in [0.1, 0.15) is 18.0 Å². The number of hydrogen-bond acceptors (Lipinski definition) is 3.